The maximum absolute atomic E-state index is 12.2. The summed E-state index contributed by atoms with van der Waals surface area (Å²) in [5.41, 5.74) is 6.28. The minimum atomic E-state index is 0.0585. The van der Waals surface area contributed by atoms with Crippen LogP contribution < -0.4 is 10.6 Å². The third kappa shape index (κ3) is 3.45. The predicted molar refractivity (Wildman–Crippen MR) is 119 cm³/mol. The molecule has 1 unspecified atom stereocenters. The first-order valence-electron chi connectivity index (χ1n) is 9.94. The molecule has 0 saturated heterocycles. The van der Waals surface area contributed by atoms with Crippen molar-refractivity contribution in [3.63, 3.8) is 0 Å². The number of amides is 2. The lowest BCUT2D eigenvalue weighted by Gasteiger charge is -2.30. The quantitative estimate of drug-likeness (QED) is 0.630. The molecule has 0 aliphatic carbocycles. The summed E-state index contributed by atoms with van der Waals surface area (Å²) in [6.45, 7) is 1.38. The monoisotopic (exact) mass is 421 g/mol. The summed E-state index contributed by atoms with van der Waals surface area (Å²) in [4.78, 5) is 28.9. The number of benzene rings is 1. The molecule has 1 aromatic carbocycles. The van der Waals surface area contributed by atoms with Crippen molar-refractivity contribution in [2.75, 3.05) is 37.8 Å². The van der Waals surface area contributed by atoms with Crippen molar-refractivity contribution in [2.24, 2.45) is 0 Å². The van der Waals surface area contributed by atoms with E-state index in [4.69, 9.17) is 0 Å². The molecule has 3 aromatic rings. The van der Waals surface area contributed by atoms with Gasteiger partial charge in [-0.2, -0.15) is 0 Å². The standard InChI is InChI=1S/C21H23N7OS/c1-27(2)21(29)28-7-5-13(6-8-28)17-10-15-19(22-11-23-20(15)26-17)25-14-3-4-16-18(9-14)30-12-24-16/h3-5,9,11-12,17H,6-8,10H2,1-2H3,(H2,22,23,25,26). The van der Waals surface area contributed by atoms with Crippen LogP contribution in [0.2, 0.25) is 0 Å². The molecule has 4 heterocycles. The van der Waals surface area contributed by atoms with Crippen LogP contribution in [0.5, 0.6) is 0 Å². The molecule has 2 N–H and O–H groups in total. The average molecular weight is 422 g/mol. The first kappa shape index (κ1) is 18.8. The van der Waals surface area contributed by atoms with Gasteiger partial charge in [-0.15, -0.1) is 11.3 Å². The van der Waals surface area contributed by atoms with Gasteiger partial charge in [0.15, 0.2) is 0 Å². The van der Waals surface area contributed by atoms with E-state index >= 15 is 0 Å². The van der Waals surface area contributed by atoms with Crippen LogP contribution in [-0.4, -0.2) is 64.0 Å². The van der Waals surface area contributed by atoms with Crippen LogP contribution in [0.25, 0.3) is 10.2 Å². The molecule has 2 aliphatic heterocycles. The lowest BCUT2D eigenvalue weighted by molar-refractivity contribution is 0.174. The minimum Gasteiger partial charge on any atom is -0.363 e. The van der Waals surface area contributed by atoms with Crippen LogP contribution in [0.15, 0.2) is 41.7 Å². The molecule has 5 rings (SSSR count). The van der Waals surface area contributed by atoms with E-state index in [-0.39, 0.29) is 12.1 Å². The summed E-state index contributed by atoms with van der Waals surface area (Å²) in [6, 6.07) is 6.39. The SMILES string of the molecule is CN(C)C(=O)N1CC=C(C2Cc3c(Nc4ccc5ncsc5c4)ncnc3N2)CC1. The minimum absolute atomic E-state index is 0.0585. The summed E-state index contributed by atoms with van der Waals surface area (Å²) in [5.74, 6) is 1.71. The number of anilines is 3. The molecule has 2 aliphatic rings. The van der Waals surface area contributed by atoms with Gasteiger partial charge in [0, 0.05) is 44.9 Å². The Bertz CT molecular complexity index is 1140. The van der Waals surface area contributed by atoms with Crippen LogP contribution in [0.3, 0.4) is 0 Å². The molecule has 9 heteroatoms. The number of nitrogens with one attached hydrogen (secondary N) is 2. The maximum atomic E-state index is 12.2. The molecule has 0 saturated carbocycles. The molecule has 8 nitrogen and oxygen atoms in total. The third-order valence-corrected chi connectivity index (χ3v) is 6.40. The number of rotatable bonds is 3. The second kappa shape index (κ2) is 7.56. The van der Waals surface area contributed by atoms with Gasteiger partial charge in [-0.05, 0) is 30.2 Å². The third-order valence-electron chi connectivity index (χ3n) is 5.60. The Hall–Kier alpha value is -3.20. The molecular weight excluding hydrogens is 398 g/mol. The van der Waals surface area contributed by atoms with E-state index in [1.807, 2.05) is 22.5 Å². The van der Waals surface area contributed by atoms with Crippen LogP contribution >= 0.6 is 11.3 Å². The van der Waals surface area contributed by atoms with Crippen LogP contribution in [0, 0.1) is 0 Å². The second-order valence-corrected chi connectivity index (χ2v) is 8.65. The van der Waals surface area contributed by atoms with Gasteiger partial charge in [0.1, 0.15) is 18.0 Å². The fraction of sp³-hybridized carbons (Fsp3) is 0.333. The van der Waals surface area contributed by atoms with Crippen molar-refractivity contribution in [3.05, 3.63) is 47.2 Å². The molecule has 30 heavy (non-hydrogen) atoms. The Kier molecular flexibility index (Phi) is 4.74. The zero-order valence-corrected chi connectivity index (χ0v) is 17.7. The first-order valence-corrected chi connectivity index (χ1v) is 10.8. The lowest BCUT2D eigenvalue weighted by atomic mass is 9.97. The Morgan fingerprint density at radius 2 is 2.20 bits per heavy atom. The molecule has 0 bridgehead atoms. The van der Waals surface area contributed by atoms with E-state index in [1.165, 1.54) is 5.57 Å². The Morgan fingerprint density at radius 1 is 1.30 bits per heavy atom. The highest BCUT2D eigenvalue weighted by molar-refractivity contribution is 7.16. The summed E-state index contributed by atoms with van der Waals surface area (Å²) in [5, 5.41) is 7.00. The summed E-state index contributed by atoms with van der Waals surface area (Å²) >= 11 is 1.63. The Balaban J connectivity index is 1.32. The zero-order valence-electron chi connectivity index (χ0n) is 16.9. The normalized spacial score (nSPS) is 18.0. The topological polar surface area (TPSA) is 86.3 Å². The zero-order chi connectivity index (χ0) is 20.7. The molecule has 1 atom stereocenters. The molecule has 2 aromatic heterocycles. The largest absolute Gasteiger partial charge is 0.363 e. The molecule has 0 radical (unpaired) electrons. The van der Waals surface area contributed by atoms with E-state index in [0.717, 1.165) is 52.5 Å². The van der Waals surface area contributed by atoms with Crippen molar-refractivity contribution in [3.8, 4) is 0 Å². The lowest BCUT2D eigenvalue weighted by Crippen LogP contribution is -2.42. The van der Waals surface area contributed by atoms with Crippen molar-refractivity contribution < 1.29 is 4.79 Å². The van der Waals surface area contributed by atoms with Gasteiger partial charge < -0.3 is 20.4 Å². The highest BCUT2D eigenvalue weighted by atomic mass is 32.1. The van der Waals surface area contributed by atoms with Gasteiger partial charge >= 0.3 is 6.03 Å². The fourth-order valence-corrected chi connectivity index (χ4v) is 4.73. The van der Waals surface area contributed by atoms with Crippen LogP contribution in [0.4, 0.5) is 22.1 Å². The van der Waals surface area contributed by atoms with E-state index in [0.29, 0.717) is 6.54 Å². The highest BCUT2D eigenvalue weighted by Gasteiger charge is 2.30. The fourth-order valence-electron chi connectivity index (χ4n) is 4.01. The van der Waals surface area contributed by atoms with Crippen molar-refractivity contribution in [2.45, 2.75) is 18.9 Å². The van der Waals surface area contributed by atoms with Crippen molar-refractivity contribution in [1.29, 1.82) is 0 Å². The van der Waals surface area contributed by atoms with Gasteiger partial charge in [0.25, 0.3) is 0 Å². The van der Waals surface area contributed by atoms with E-state index in [9.17, 15) is 4.79 Å². The second-order valence-electron chi connectivity index (χ2n) is 7.76. The summed E-state index contributed by atoms with van der Waals surface area (Å²) < 4.78 is 1.14. The molecule has 0 fully saturated rings. The van der Waals surface area contributed by atoms with Crippen molar-refractivity contribution in [1.82, 2.24) is 24.8 Å². The van der Waals surface area contributed by atoms with Crippen LogP contribution in [0.1, 0.15) is 12.0 Å². The number of carbonyl (C=O) groups is 1. The first-order chi connectivity index (χ1) is 14.6. The van der Waals surface area contributed by atoms with Crippen LogP contribution in [-0.2, 0) is 6.42 Å². The van der Waals surface area contributed by atoms with Crippen molar-refractivity contribution >= 4 is 44.9 Å². The maximum Gasteiger partial charge on any atom is 0.319 e. The number of carbonyl (C=O) groups excluding carboxylic acids is 1. The number of aromatic nitrogens is 3. The highest BCUT2D eigenvalue weighted by Crippen LogP contribution is 2.34. The average Bonchev–Trinajstić information content (AvgIpc) is 3.40. The van der Waals surface area contributed by atoms with E-state index in [1.54, 1.807) is 36.7 Å². The van der Waals surface area contributed by atoms with Gasteiger partial charge in [-0.1, -0.05) is 6.08 Å². The van der Waals surface area contributed by atoms with Gasteiger partial charge in [0.05, 0.1) is 21.8 Å². The Labute approximate surface area is 178 Å². The predicted octanol–water partition coefficient (Wildman–Crippen LogP) is 3.48. The summed E-state index contributed by atoms with van der Waals surface area (Å²) in [6.07, 6.45) is 5.46. The number of fused-ring (bicyclic) bond motifs is 2. The number of hydrogen-bond donors (Lipinski definition) is 2. The molecular formula is C21H23N7OS. The Morgan fingerprint density at radius 3 is 3.00 bits per heavy atom. The molecule has 2 amide bonds. The number of hydrogen-bond acceptors (Lipinski definition) is 7. The van der Waals surface area contributed by atoms with Gasteiger partial charge in [-0.3, -0.25) is 0 Å². The van der Waals surface area contributed by atoms with Gasteiger partial charge in [-0.25, -0.2) is 19.7 Å². The van der Waals surface area contributed by atoms with Gasteiger partial charge in [0.2, 0.25) is 0 Å². The number of urea groups is 1. The van der Waals surface area contributed by atoms with E-state index < -0.39 is 0 Å². The smallest absolute Gasteiger partial charge is 0.319 e. The molecule has 154 valence electrons. The summed E-state index contributed by atoms with van der Waals surface area (Å²) in [7, 11) is 3.58. The molecule has 0 spiro atoms. The van der Waals surface area contributed by atoms with E-state index in [2.05, 4.69) is 37.7 Å². The number of thiazole rings is 1. The number of nitrogens with zero attached hydrogens (tertiary/aromatic N) is 5.